The zero-order valence-electron chi connectivity index (χ0n) is 15.0. The largest absolute Gasteiger partial charge is 0.434 e. The first-order chi connectivity index (χ1) is 13.0. The third-order valence-corrected chi connectivity index (χ3v) is 5.29. The van der Waals surface area contributed by atoms with Gasteiger partial charge in [-0.1, -0.05) is 18.2 Å². The number of nitrogens with zero attached hydrogens (tertiary/aromatic N) is 4. The summed E-state index contributed by atoms with van der Waals surface area (Å²) in [5.74, 6) is 0.773. The Morgan fingerprint density at radius 3 is 2.48 bits per heavy atom. The maximum atomic E-state index is 12.6. The van der Waals surface area contributed by atoms with Crippen molar-refractivity contribution in [3.8, 4) is 0 Å². The van der Waals surface area contributed by atoms with Crippen LogP contribution in [0.1, 0.15) is 10.7 Å². The summed E-state index contributed by atoms with van der Waals surface area (Å²) in [5.41, 5.74) is 0.397. The Bertz CT molecular complexity index is 752. The molecule has 1 saturated heterocycles. The van der Waals surface area contributed by atoms with Gasteiger partial charge in [0.2, 0.25) is 0 Å². The molecule has 1 aliphatic rings. The van der Waals surface area contributed by atoms with E-state index in [1.54, 1.807) is 7.05 Å². The second-order valence-electron chi connectivity index (χ2n) is 6.16. The number of aliphatic imine (C=N–C) groups is 1. The van der Waals surface area contributed by atoms with E-state index in [1.165, 1.54) is 5.69 Å². The van der Waals surface area contributed by atoms with Crippen LogP contribution in [0.15, 0.2) is 40.7 Å². The fourth-order valence-electron chi connectivity index (χ4n) is 2.98. The van der Waals surface area contributed by atoms with Crippen LogP contribution in [0.25, 0.3) is 0 Å². The first-order valence-corrected chi connectivity index (χ1v) is 9.62. The number of halogens is 3. The average Bonchev–Trinajstić information content (AvgIpc) is 3.16. The van der Waals surface area contributed by atoms with Crippen LogP contribution >= 0.6 is 11.3 Å². The van der Waals surface area contributed by atoms with Gasteiger partial charge in [-0.2, -0.15) is 13.2 Å². The zero-order valence-corrected chi connectivity index (χ0v) is 15.9. The van der Waals surface area contributed by atoms with Gasteiger partial charge in [0.1, 0.15) is 0 Å². The van der Waals surface area contributed by atoms with Gasteiger partial charge in [0.05, 0.1) is 5.01 Å². The van der Waals surface area contributed by atoms with Crippen LogP contribution < -0.4 is 10.2 Å². The molecule has 27 heavy (non-hydrogen) atoms. The van der Waals surface area contributed by atoms with Crippen molar-refractivity contribution in [1.82, 2.24) is 15.2 Å². The Morgan fingerprint density at radius 1 is 1.19 bits per heavy atom. The van der Waals surface area contributed by atoms with Gasteiger partial charge < -0.3 is 15.1 Å². The van der Waals surface area contributed by atoms with Crippen molar-refractivity contribution in [2.45, 2.75) is 12.6 Å². The van der Waals surface area contributed by atoms with Crippen LogP contribution in [0.2, 0.25) is 0 Å². The molecule has 0 unspecified atom stereocenters. The van der Waals surface area contributed by atoms with Gasteiger partial charge in [-0.15, -0.1) is 11.3 Å². The molecule has 1 aliphatic heterocycles. The highest BCUT2D eigenvalue weighted by molar-refractivity contribution is 7.09. The quantitative estimate of drug-likeness (QED) is 0.636. The van der Waals surface area contributed by atoms with Gasteiger partial charge >= 0.3 is 6.18 Å². The number of para-hydroxylation sites is 1. The Balaban J connectivity index is 1.47. The molecule has 0 bridgehead atoms. The minimum absolute atomic E-state index is 0.434. The normalized spacial score (nSPS) is 15.9. The highest BCUT2D eigenvalue weighted by Crippen LogP contribution is 2.30. The molecule has 9 heteroatoms. The lowest BCUT2D eigenvalue weighted by molar-refractivity contribution is -0.140. The van der Waals surface area contributed by atoms with E-state index < -0.39 is 11.9 Å². The van der Waals surface area contributed by atoms with Gasteiger partial charge in [0.25, 0.3) is 0 Å². The molecule has 0 amide bonds. The predicted octanol–water partition coefficient (Wildman–Crippen LogP) is 3.10. The lowest BCUT2D eigenvalue weighted by Crippen LogP contribution is -2.52. The van der Waals surface area contributed by atoms with Crippen LogP contribution in [-0.4, -0.2) is 55.6 Å². The second-order valence-corrected chi connectivity index (χ2v) is 7.10. The Kier molecular flexibility index (Phi) is 6.20. The molecular weight excluding hydrogens is 375 g/mol. The molecule has 0 saturated carbocycles. The van der Waals surface area contributed by atoms with E-state index >= 15 is 0 Å². The number of thiazole rings is 1. The molecule has 0 atom stereocenters. The molecule has 0 radical (unpaired) electrons. The smallest absolute Gasteiger partial charge is 0.368 e. The average molecular weight is 397 g/mol. The van der Waals surface area contributed by atoms with E-state index in [-0.39, 0.29) is 0 Å². The van der Waals surface area contributed by atoms with Crippen LogP contribution in [-0.2, 0) is 12.6 Å². The summed E-state index contributed by atoms with van der Waals surface area (Å²) in [5, 5.41) is 4.77. The van der Waals surface area contributed by atoms with Crippen LogP contribution in [0.5, 0.6) is 0 Å². The molecule has 146 valence electrons. The molecule has 0 spiro atoms. The van der Waals surface area contributed by atoms with Crippen LogP contribution in [0.3, 0.4) is 0 Å². The van der Waals surface area contributed by atoms with Crippen molar-refractivity contribution >= 4 is 23.0 Å². The van der Waals surface area contributed by atoms with Crippen molar-refractivity contribution in [2.75, 3.05) is 44.7 Å². The topological polar surface area (TPSA) is 43.8 Å². The molecule has 1 aromatic carbocycles. The molecule has 0 aliphatic carbocycles. The third kappa shape index (κ3) is 5.12. The van der Waals surface area contributed by atoms with Crippen LogP contribution in [0.4, 0.5) is 18.9 Å². The Hall–Kier alpha value is -2.29. The fraction of sp³-hybridized carbons (Fsp3) is 0.444. The van der Waals surface area contributed by atoms with Gasteiger partial charge in [0, 0.05) is 57.3 Å². The number of guanidine groups is 1. The monoisotopic (exact) mass is 397 g/mol. The summed E-state index contributed by atoms with van der Waals surface area (Å²) in [6.45, 7) is 3.96. The second kappa shape index (κ2) is 8.60. The molecule has 5 nitrogen and oxygen atoms in total. The highest BCUT2D eigenvalue weighted by Gasteiger charge is 2.33. The highest BCUT2D eigenvalue weighted by atomic mass is 32.1. The standard InChI is InChI=1S/C18H22F3N5S/c1-22-17(23-8-7-16-24-15(13-27-16)18(19,20)21)26-11-9-25(10-12-26)14-5-3-2-4-6-14/h2-6,13H,7-12H2,1H3,(H,22,23). The molecule has 1 N–H and O–H groups in total. The molecule has 2 heterocycles. The number of nitrogens with one attached hydrogen (secondary N) is 1. The Morgan fingerprint density at radius 2 is 1.89 bits per heavy atom. The first-order valence-electron chi connectivity index (χ1n) is 8.74. The van der Waals surface area contributed by atoms with Gasteiger partial charge in [-0.25, -0.2) is 4.98 Å². The molecule has 3 rings (SSSR count). The van der Waals surface area contributed by atoms with Crippen molar-refractivity contribution in [2.24, 2.45) is 4.99 Å². The predicted molar refractivity (Wildman–Crippen MR) is 102 cm³/mol. The van der Waals surface area contributed by atoms with Crippen molar-refractivity contribution < 1.29 is 13.2 Å². The summed E-state index contributed by atoms with van der Waals surface area (Å²) >= 11 is 1.04. The van der Waals surface area contributed by atoms with E-state index in [0.717, 1.165) is 48.9 Å². The number of aromatic nitrogens is 1. The number of piperazine rings is 1. The van der Waals surface area contributed by atoms with Gasteiger partial charge in [-0.05, 0) is 12.1 Å². The molecule has 1 aromatic heterocycles. The minimum Gasteiger partial charge on any atom is -0.368 e. The summed E-state index contributed by atoms with van der Waals surface area (Å²) in [6.07, 6.45) is -3.94. The zero-order chi connectivity index (χ0) is 19.3. The van der Waals surface area contributed by atoms with Crippen molar-refractivity contribution in [1.29, 1.82) is 0 Å². The van der Waals surface area contributed by atoms with E-state index in [4.69, 9.17) is 0 Å². The summed E-state index contributed by atoms with van der Waals surface area (Å²) in [7, 11) is 1.72. The number of rotatable bonds is 4. The van der Waals surface area contributed by atoms with E-state index in [0.29, 0.717) is 18.0 Å². The maximum absolute atomic E-state index is 12.6. The summed E-state index contributed by atoms with van der Waals surface area (Å²) < 4.78 is 37.8. The Labute approximate surface area is 160 Å². The lowest BCUT2D eigenvalue weighted by Gasteiger charge is -2.37. The van der Waals surface area contributed by atoms with Gasteiger partial charge in [-0.3, -0.25) is 4.99 Å². The van der Waals surface area contributed by atoms with E-state index in [2.05, 4.69) is 37.2 Å². The summed E-state index contributed by atoms with van der Waals surface area (Å²) in [6, 6.07) is 10.3. The third-order valence-electron chi connectivity index (χ3n) is 4.38. The molecule has 2 aromatic rings. The molecule has 1 fully saturated rings. The number of hydrogen-bond acceptors (Lipinski definition) is 4. The fourth-order valence-corrected chi connectivity index (χ4v) is 3.79. The maximum Gasteiger partial charge on any atom is 0.434 e. The summed E-state index contributed by atoms with van der Waals surface area (Å²) in [4.78, 5) is 12.5. The minimum atomic E-state index is -4.38. The number of hydrogen-bond donors (Lipinski definition) is 1. The van der Waals surface area contributed by atoms with Crippen molar-refractivity contribution in [3.63, 3.8) is 0 Å². The van der Waals surface area contributed by atoms with Crippen molar-refractivity contribution in [3.05, 3.63) is 46.4 Å². The lowest BCUT2D eigenvalue weighted by atomic mass is 10.2. The van der Waals surface area contributed by atoms with Gasteiger partial charge in [0.15, 0.2) is 11.7 Å². The first kappa shape index (κ1) is 19.5. The van der Waals surface area contributed by atoms with Crippen LogP contribution in [0, 0.1) is 0 Å². The molecular formula is C18H22F3N5S. The number of anilines is 1. The SMILES string of the molecule is CN=C(NCCc1nc(C(F)(F)F)cs1)N1CCN(c2ccccc2)CC1. The van der Waals surface area contributed by atoms with E-state index in [1.807, 2.05) is 18.2 Å². The number of benzene rings is 1. The number of alkyl halides is 3. The van der Waals surface area contributed by atoms with E-state index in [9.17, 15) is 13.2 Å².